The van der Waals surface area contributed by atoms with E-state index < -0.39 is 0 Å². The summed E-state index contributed by atoms with van der Waals surface area (Å²) < 4.78 is 5.08. The Morgan fingerprint density at radius 2 is 1.83 bits per heavy atom. The number of hydrogen-bond acceptors (Lipinski definition) is 4. The molecular weight excluding hydrogens is 410 g/mol. The highest BCUT2D eigenvalue weighted by molar-refractivity contribution is 7.80. The van der Waals surface area contributed by atoms with Crippen molar-refractivity contribution >= 4 is 52.1 Å². The molecule has 0 fully saturated rings. The Morgan fingerprint density at radius 1 is 1.07 bits per heavy atom. The molecule has 0 aliphatic rings. The number of hydrogen-bond donors (Lipinski definition) is 3. The van der Waals surface area contributed by atoms with Gasteiger partial charge in [-0.2, -0.15) is 0 Å². The smallest absolute Gasteiger partial charge is 0.291 e. The monoisotopic (exact) mass is 427 g/mol. The van der Waals surface area contributed by atoms with E-state index >= 15 is 0 Å². The number of aryl methyl sites for hydroxylation is 1. The van der Waals surface area contributed by atoms with Gasteiger partial charge in [-0.1, -0.05) is 23.7 Å². The SMILES string of the molecule is Cc1cc(NC(=S)NC(=O)Cc2ccc(Cl)cc2)ccc1NC(=O)c1ccco1. The fraction of sp³-hybridized carbons (Fsp3) is 0.0952. The molecule has 0 saturated carbocycles. The number of carbonyl (C=O) groups is 2. The van der Waals surface area contributed by atoms with Crippen molar-refractivity contribution in [3.8, 4) is 0 Å². The minimum absolute atomic E-state index is 0.190. The van der Waals surface area contributed by atoms with Crippen LogP contribution < -0.4 is 16.0 Å². The number of halogens is 1. The van der Waals surface area contributed by atoms with Crippen molar-refractivity contribution in [2.75, 3.05) is 10.6 Å². The van der Waals surface area contributed by atoms with Gasteiger partial charge in [0.1, 0.15) is 0 Å². The molecule has 3 N–H and O–H groups in total. The van der Waals surface area contributed by atoms with E-state index in [1.165, 1.54) is 6.26 Å². The van der Waals surface area contributed by atoms with Gasteiger partial charge in [-0.25, -0.2) is 0 Å². The minimum atomic E-state index is -0.330. The summed E-state index contributed by atoms with van der Waals surface area (Å²) in [6.45, 7) is 1.85. The van der Waals surface area contributed by atoms with E-state index in [1.54, 1.807) is 48.5 Å². The summed E-state index contributed by atoms with van der Waals surface area (Å²) in [6, 6.07) is 15.6. The quantitative estimate of drug-likeness (QED) is 0.520. The van der Waals surface area contributed by atoms with Crippen molar-refractivity contribution in [3.63, 3.8) is 0 Å². The van der Waals surface area contributed by atoms with Gasteiger partial charge in [-0.3, -0.25) is 9.59 Å². The Kier molecular flexibility index (Phi) is 6.64. The first-order valence-corrected chi connectivity index (χ1v) is 9.50. The Bertz CT molecular complexity index is 1030. The first-order valence-electron chi connectivity index (χ1n) is 8.71. The van der Waals surface area contributed by atoms with E-state index in [2.05, 4.69) is 16.0 Å². The molecule has 2 amide bonds. The molecule has 0 atom stereocenters. The van der Waals surface area contributed by atoms with Crippen LogP contribution >= 0.6 is 23.8 Å². The second kappa shape index (κ2) is 9.36. The maximum Gasteiger partial charge on any atom is 0.291 e. The van der Waals surface area contributed by atoms with E-state index in [4.69, 9.17) is 28.2 Å². The number of nitrogens with one attached hydrogen (secondary N) is 3. The third kappa shape index (κ3) is 5.91. The summed E-state index contributed by atoms with van der Waals surface area (Å²) in [5.74, 6) is -0.330. The van der Waals surface area contributed by atoms with Crippen LogP contribution in [0.15, 0.2) is 65.3 Å². The normalized spacial score (nSPS) is 10.3. The van der Waals surface area contributed by atoms with Crippen LogP contribution in [0.3, 0.4) is 0 Å². The molecular formula is C21H18ClN3O3S. The molecule has 1 aromatic heterocycles. The van der Waals surface area contributed by atoms with Crippen LogP contribution in [-0.4, -0.2) is 16.9 Å². The van der Waals surface area contributed by atoms with Gasteiger partial charge in [0.25, 0.3) is 5.91 Å². The van der Waals surface area contributed by atoms with Crippen LogP contribution in [0, 0.1) is 6.92 Å². The summed E-state index contributed by atoms with van der Waals surface area (Å²) in [5.41, 5.74) is 3.00. The number of benzene rings is 2. The van der Waals surface area contributed by atoms with E-state index in [-0.39, 0.29) is 29.1 Å². The first-order chi connectivity index (χ1) is 13.9. The third-order valence-electron chi connectivity index (χ3n) is 4.01. The number of anilines is 2. The maximum absolute atomic E-state index is 12.1. The fourth-order valence-electron chi connectivity index (χ4n) is 2.59. The van der Waals surface area contributed by atoms with E-state index in [0.29, 0.717) is 16.4 Å². The Hall–Kier alpha value is -3.16. The lowest BCUT2D eigenvalue weighted by molar-refractivity contribution is -0.119. The summed E-state index contributed by atoms with van der Waals surface area (Å²) in [7, 11) is 0. The van der Waals surface area contributed by atoms with E-state index in [1.807, 2.05) is 13.0 Å². The van der Waals surface area contributed by atoms with Crippen LogP contribution in [-0.2, 0) is 11.2 Å². The summed E-state index contributed by atoms with van der Waals surface area (Å²) >= 11 is 11.0. The number of carbonyl (C=O) groups excluding carboxylic acids is 2. The topological polar surface area (TPSA) is 83.4 Å². The average Bonchev–Trinajstić information content (AvgIpc) is 3.20. The summed E-state index contributed by atoms with van der Waals surface area (Å²) in [4.78, 5) is 24.2. The Labute approximate surface area is 178 Å². The molecule has 0 unspecified atom stereocenters. The van der Waals surface area contributed by atoms with Crippen LogP contribution in [0.2, 0.25) is 5.02 Å². The standard InChI is InChI=1S/C21H18ClN3O3S/c1-13-11-16(8-9-17(13)24-20(27)18-3-2-10-28-18)23-21(29)25-19(26)12-14-4-6-15(22)7-5-14/h2-11H,12H2,1H3,(H,24,27)(H2,23,25,26,29). The van der Waals surface area contributed by atoms with E-state index in [0.717, 1.165) is 11.1 Å². The van der Waals surface area contributed by atoms with Crippen molar-refractivity contribution < 1.29 is 14.0 Å². The lowest BCUT2D eigenvalue weighted by atomic mass is 10.1. The largest absolute Gasteiger partial charge is 0.459 e. The van der Waals surface area contributed by atoms with Crippen LogP contribution in [0.1, 0.15) is 21.7 Å². The van der Waals surface area contributed by atoms with Crippen molar-refractivity contribution in [1.82, 2.24) is 5.32 Å². The highest BCUT2D eigenvalue weighted by Crippen LogP contribution is 2.20. The summed E-state index contributed by atoms with van der Waals surface area (Å²) in [6.07, 6.45) is 1.63. The third-order valence-corrected chi connectivity index (χ3v) is 4.46. The second-order valence-corrected chi connectivity index (χ2v) is 7.11. The molecule has 8 heteroatoms. The molecule has 0 aliphatic heterocycles. The molecule has 0 aliphatic carbocycles. The molecule has 2 aromatic carbocycles. The van der Waals surface area contributed by atoms with Gasteiger partial charge in [0.2, 0.25) is 5.91 Å². The Morgan fingerprint density at radius 3 is 2.48 bits per heavy atom. The zero-order chi connectivity index (χ0) is 20.8. The molecule has 6 nitrogen and oxygen atoms in total. The molecule has 29 heavy (non-hydrogen) atoms. The molecule has 3 aromatic rings. The van der Waals surface area contributed by atoms with Gasteiger partial charge in [0.05, 0.1) is 12.7 Å². The highest BCUT2D eigenvalue weighted by Gasteiger charge is 2.11. The van der Waals surface area contributed by atoms with Crippen LogP contribution in [0.5, 0.6) is 0 Å². The lowest BCUT2D eigenvalue weighted by Crippen LogP contribution is -2.35. The van der Waals surface area contributed by atoms with Crippen molar-refractivity contribution in [1.29, 1.82) is 0 Å². The number of furan rings is 1. The van der Waals surface area contributed by atoms with Gasteiger partial charge in [0, 0.05) is 16.4 Å². The van der Waals surface area contributed by atoms with Gasteiger partial charge >= 0.3 is 0 Å². The second-order valence-electron chi connectivity index (χ2n) is 6.27. The zero-order valence-corrected chi connectivity index (χ0v) is 17.1. The highest BCUT2D eigenvalue weighted by atomic mass is 35.5. The molecule has 0 saturated heterocycles. The molecule has 3 rings (SSSR count). The van der Waals surface area contributed by atoms with Crippen molar-refractivity contribution in [3.05, 3.63) is 82.8 Å². The van der Waals surface area contributed by atoms with Crippen LogP contribution in [0.25, 0.3) is 0 Å². The van der Waals surface area contributed by atoms with E-state index in [9.17, 15) is 9.59 Å². The first kappa shape index (κ1) is 20.6. The summed E-state index contributed by atoms with van der Waals surface area (Å²) in [5, 5.41) is 9.20. The molecule has 148 valence electrons. The average molecular weight is 428 g/mol. The fourth-order valence-corrected chi connectivity index (χ4v) is 2.95. The molecule has 1 heterocycles. The van der Waals surface area contributed by atoms with Crippen molar-refractivity contribution in [2.45, 2.75) is 13.3 Å². The van der Waals surface area contributed by atoms with Crippen LogP contribution in [0.4, 0.5) is 11.4 Å². The number of thiocarbonyl (C=S) groups is 1. The Balaban J connectivity index is 1.54. The maximum atomic E-state index is 12.1. The molecule has 0 spiro atoms. The predicted molar refractivity (Wildman–Crippen MR) is 117 cm³/mol. The minimum Gasteiger partial charge on any atom is -0.459 e. The van der Waals surface area contributed by atoms with Gasteiger partial charge in [0.15, 0.2) is 10.9 Å². The van der Waals surface area contributed by atoms with Gasteiger partial charge in [-0.05, 0) is 72.7 Å². The lowest BCUT2D eigenvalue weighted by Gasteiger charge is -2.12. The molecule has 0 bridgehead atoms. The van der Waals surface area contributed by atoms with Gasteiger partial charge < -0.3 is 20.4 Å². The van der Waals surface area contributed by atoms with Crippen molar-refractivity contribution in [2.24, 2.45) is 0 Å². The number of amides is 2. The van der Waals surface area contributed by atoms with Gasteiger partial charge in [-0.15, -0.1) is 0 Å². The number of rotatable bonds is 5. The molecule has 0 radical (unpaired) electrons. The predicted octanol–water partition coefficient (Wildman–Crippen LogP) is 4.55. The zero-order valence-electron chi connectivity index (χ0n) is 15.5.